The van der Waals surface area contributed by atoms with Gasteiger partial charge in [0.2, 0.25) is 15.9 Å². The van der Waals surface area contributed by atoms with Crippen LogP contribution in [0.3, 0.4) is 0 Å². The van der Waals surface area contributed by atoms with E-state index in [0.29, 0.717) is 25.9 Å². The molecule has 2 aliphatic rings. The summed E-state index contributed by atoms with van der Waals surface area (Å²) in [6, 6.07) is 7.60. The van der Waals surface area contributed by atoms with Crippen LogP contribution in [0.1, 0.15) is 18.4 Å². The molecule has 2 aromatic rings. The fraction of sp³-hybridized carbons (Fsp3) is 0.500. The SMILES string of the molecule is O=C(Cn1cnnn1)N1CCCC(S(=O)(=O)N2CCc3ccccc32)C1. The number of rotatable bonds is 4. The third kappa shape index (κ3) is 3.05. The number of fused-ring (bicyclic) bond motifs is 1. The molecule has 10 heteroatoms. The molecule has 1 amide bonds. The number of amides is 1. The maximum absolute atomic E-state index is 13.2. The molecule has 0 N–H and O–H groups in total. The van der Waals surface area contributed by atoms with Crippen molar-refractivity contribution in [2.75, 3.05) is 23.9 Å². The summed E-state index contributed by atoms with van der Waals surface area (Å²) in [5, 5.41) is 10.1. The van der Waals surface area contributed by atoms with Crippen LogP contribution in [0.5, 0.6) is 0 Å². The Kier molecular flexibility index (Phi) is 4.35. The lowest BCUT2D eigenvalue weighted by molar-refractivity contribution is -0.132. The van der Waals surface area contributed by atoms with Gasteiger partial charge in [-0.25, -0.2) is 13.1 Å². The molecule has 1 atom stereocenters. The van der Waals surface area contributed by atoms with Crippen molar-refractivity contribution in [1.82, 2.24) is 25.1 Å². The lowest BCUT2D eigenvalue weighted by Gasteiger charge is -2.35. The summed E-state index contributed by atoms with van der Waals surface area (Å²) >= 11 is 0. The molecule has 9 nitrogen and oxygen atoms in total. The predicted molar refractivity (Wildman–Crippen MR) is 93.8 cm³/mol. The van der Waals surface area contributed by atoms with Crippen molar-refractivity contribution in [3.63, 3.8) is 0 Å². The Balaban J connectivity index is 1.49. The summed E-state index contributed by atoms with van der Waals surface area (Å²) in [5.41, 5.74) is 1.82. The van der Waals surface area contributed by atoms with Crippen LogP contribution in [0.15, 0.2) is 30.6 Å². The lowest BCUT2D eigenvalue weighted by Crippen LogP contribution is -2.50. The van der Waals surface area contributed by atoms with E-state index in [0.717, 1.165) is 17.7 Å². The zero-order valence-electron chi connectivity index (χ0n) is 14.2. The van der Waals surface area contributed by atoms with E-state index in [1.165, 1.54) is 15.3 Å². The van der Waals surface area contributed by atoms with Crippen molar-refractivity contribution in [3.05, 3.63) is 36.2 Å². The third-order valence-corrected chi connectivity index (χ3v) is 7.21. The number of sulfonamides is 1. The first-order chi connectivity index (χ1) is 12.6. The molecule has 1 aromatic carbocycles. The van der Waals surface area contributed by atoms with Crippen molar-refractivity contribution in [1.29, 1.82) is 0 Å². The molecule has 1 fully saturated rings. The summed E-state index contributed by atoms with van der Waals surface area (Å²) in [4.78, 5) is 14.1. The van der Waals surface area contributed by atoms with E-state index in [-0.39, 0.29) is 19.0 Å². The highest BCUT2D eigenvalue weighted by molar-refractivity contribution is 7.93. The molecule has 0 spiro atoms. The van der Waals surface area contributed by atoms with Crippen LogP contribution in [0.2, 0.25) is 0 Å². The molecular formula is C16H20N6O3S. The number of likely N-dealkylation sites (tertiary alicyclic amines) is 1. The summed E-state index contributed by atoms with van der Waals surface area (Å²) in [6.45, 7) is 1.26. The Labute approximate surface area is 151 Å². The average molecular weight is 376 g/mol. The molecule has 4 rings (SSSR count). The Morgan fingerprint density at radius 2 is 2.08 bits per heavy atom. The monoisotopic (exact) mass is 376 g/mol. The van der Waals surface area contributed by atoms with Gasteiger partial charge in [0.1, 0.15) is 12.9 Å². The molecule has 0 bridgehead atoms. The van der Waals surface area contributed by atoms with Gasteiger partial charge in [-0.2, -0.15) is 0 Å². The first-order valence-electron chi connectivity index (χ1n) is 8.64. The van der Waals surface area contributed by atoms with E-state index < -0.39 is 15.3 Å². The summed E-state index contributed by atoms with van der Waals surface area (Å²) in [6.07, 6.45) is 3.33. The quantitative estimate of drug-likeness (QED) is 0.748. The van der Waals surface area contributed by atoms with Gasteiger partial charge in [-0.05, 0) is 41.3 Å². The summed E-state index contributed by atoms with van der Waals surface area (Å²) in [7, 11) is -3.51. The Morgan fingerprint density at radius 3 is 2.88 bits per heavy atom. The summed E-state index contributed by atoms with van der Waals surface area (Å²) in [5.74, 6) is -0.168. The highest BCUT2D eigenvalue weighted by Gasteiger charge is 2.39. The molecule has 138 valence electrons. The van der Waals surface area contributed by atoms with E-state index in [4.69, 9.17) is 0 Å². The zero-order chi connectivity index (χ0) is 18.1. The van der Waals surface area contributed by atoms with Crippen LogP contribution < -0.4 is 4.31 Å². The number of carbonyl (C=O) groups excluding carboxylic acids is 1. The van der Waals surface area contributed by atoms with Gasteiger partial charge in [0.15, 0.2) is 0 Å². The first kappa shape index (κ1) is 17.0. The van der Waals surface area contributed by atoms with E-state index in [2.05, 4.69) is 15.5 Å². The number of aromatic nitrogens is 4. The van der Waals surface area contributed by atoms with Gasteiger partial charge in [-0.3, -0.25) is 9.10 Å². The van der Waals surface area contributed by atoms with Crippen molar-refractivity contribution in [3.8, 4) is 0 Å². The molecule has 2 aliphatic heterocycles. The molecule has 0 aliphatic carbocycles. The van der Waals surface area contributed by atoms with E-state index in [1.54, 1.807) is 4.90 Å². The van der Waals surface area contributed by atoms with Gasteiger partial charge in [0, 0.05) is 19.6 Å². The van der Waals surface area contributed by atoms with Crippen LogP contribution in [0.4, 0.5) is 5.69 Å². The van der Waals surface area contributed by atoms with Gasteiger partial charge in [-0.15, -0.1) is 5.10 Å². The minimum atomic E-state index is -3.51. The topological polar surface area (TPSA) is 101 Å². The van der Waals surface area contributed by atoms with Gasteiger partial charge < -0.3 is 4.90 Å². The van der Waals surface area contributed by atoms with Crippen molar-refractivity contribution < 1.29 is 13.2 Å². The van der Waals surface area contributed by atoms with Crippen molar-refractivity contribution in [2.45, 2.75) is 31.1 Å². The maximum atomic E-state index is 13.2. The fourth-order valence-corrected chi connectivity index (χ4v) is 5.64. The third-order valence-electron chi connectivity index (χ3n) is 4.99. The van der Waals surface area contributed by atoms with Crippen LogP contribution in [-0.2, 0) is 27.8 Å². The van der Waals surface area contributed by atoms with E-state index in [9.17, 15) is 13.2 Å². The van der Waals surface area contributed by atoms with Gasteiger partial charge in [-0.1, -0.05) is 18.2 Å². The highest BCUT2D eigenvalue weighted by atomic mass is 32.2. The zero-order valence-corrected chi connectivity index (χ0v) is 15.0. The van der Waals surface area contributed by atoms with Crippen LogP contribution in [-0.4, -0.2) is 64.3 Å². The maximum Gasteiger partial charge on any atom is 0.244 e. The number of piperidine rings is 1. The molecule has 1 saturated heterocycles. The largest absolute Gasteiger partial charge is 0.340 e. The second-order valence-electron chi connectivity index (χ2n) is 6.61. The normalized spacial score (nSPS) is 20.2. The Hall–Kier alpha value is -2.49. The number of hydrogen-bond acceptors (Lipinski definition) is 6. The Bertz CT molecular complexity index is 898. The van der Waals surface area contributed by atoms with Crippen molar-refractivity contribution >= 4 is 21.6 Å². The van der Waals surface area contributed by atoms with Gasteiger partial charge in [0.05, 0.1) is 10.9 Å². The smallest absolute Gasteiger partial charge is 0.244 e. The molecule has 0 radical (unpaired) electrons. The van der Waals surface area contributed by atoms with Gasteiger partial charge >= 0.3 is 0 Å². The average Bonchev–Trinajstić information content (AvgIpc) is 3.31. The molecule has 26 heavy (non-hydrogen) atoms. The number of anilines is 1. The number of para-hydroxylation sites is 1. The van der Waals surface area contributed by atoms with Crippen LogP contribution in [0, 0.1) is 0 Å². The number of carbonyl (C=O) groups is 1. The first-order valence-corrected chi connectivity index (χ1v) is 10.1. The minimum Gasteiger partial charge on any atom is -0.340 e. The van der Waals surface area contributed by atoms with Crippen LogP contribution in [0.25, 0.3) is 0 Å². The minimum absolute atomic E-state index is 0.0202. The fourth-order valence-electron chi connectivity index (χ4n) is 3.65. The molecule has 0 saturated carbocycles. The second kappa shape index (κ2) is 6.67. The molecular weight excluding hydrogens is 356 g/mol. The lowest BCUT2D eigenvalue weighted by atomic mass is 10.1. The number of nitrogens with zero attached hydrogens (tertiary/aromatic N) is 6. The molecule has 3 heterocycles. The number of hydrogen-bond donors (Lipinski definition) is 0. The van der Waals surface area contributed by atoms with E-state index >= 15 is 0 Å². The van der Waals surface area contributed by atoms with Gasteiger partial charge in [0.25, 0.3) is 0 Å². The number of tetrazole rings is 1. The van der Waals surface area contributed by atoms with Crippen LogP contribution >= 0.6 is 0 Å². The number of benzene rings is 1. The second-order valence-corrected chi connectivity index (χ2v) is 8.74. The highest BCUT2D eigenvalue weighted by Crippen LogP contribution is 2.33. The standard InChI is InChI=1S/C16H20N6O3S/c23-16(11-21-12-17-18-19-21)20-8-3-5-14(10-20)26(24,25)22-9-7-13-4-1-2-6-15(13)22/h1-2,4,6,12,14H,3,5,7-11H2. The Morgan fingerprint density at radius 1 is 1.23 bits per heavy atom. The predicted octanol–water partition coefficient (Wildman–Crippen LogP) is 0.0566. The molecule has 1 aromatic heterocycles. The molecule has 1 unspecified atom stereocenters. The van der Waals surface area contributed by atoms with E-state index in [1.807, 2.05) is 24.3 Å². The van der Waals surface area contributed by atoms with Crippen molar-refractivity contribution in [2.24, 2.45) is 0 Å². The summed E-state index contributed by atoms with van der Waals surface area (Å²) < 4.78 is 29.2.